The van der Waals surface area contributed by atoms with Gasteiger partial charge in [0.05, 0.1) is 18.7 Å². The lowest BCUT2D eigenvalue weighted by Gasteiger charge is -2.19. The van der Waals surface area contributed by atoms with E-state index in [-0.39, 0.29) is 17.4 Å². The molecule has 16 heavy (non-hydrogen) atoms. The summed E-state index contributed by atoms with van der Waals surface area (Å²) in [5.41, 5.74) is 1.13. The van der Waals surface area contributed by atoms with Gasteiger partial charge >= 0.3 is 0 Å². The van der Waals surface area contributed by atoms with Crippen molar-refractivity contribution in [2.45, 2.75) is 25.7 Å². The highest BCUT2D eigenvalue weighted by Crippen LogP contribution is 2.64. The van der Waals surface area contributed by atoms with Gasteiger partial charge in [-0.05, 0) is 29.5 Å². The first-order chi connectivity index (χ1) is 7.47. The molecule has 0 bridgehead atoms. The van der Waals surface area contributed by atoms with Gasteiger partial charge in [-0.1, -0.05) is 31.5 Å². The highest BCUT2D eigenvalue weighted by molar-refractivity contribution is 6.32. The van der Waals surface area contributed by atoms with Crippen molar-refractivity contribution < 1.29 is 9.84 Å². The molecule has 1 N–H and O–H groups in total. The van der Waals surface area contributed by atoms with Crippen LogP contribution in [0, 0.1) is 5.41 Å². The van der Waals surface area contributed by atoms with Crippen LogP contribution in [0.25, 0.3) is 0 Å². The Labute approximate surface area is 101 Å². The second kappa shape index (κ2) is 3.64. The van der Waals surface area contributed by atoms with Crippen molar-refractivity contribution in [1.82, 2.24) is 0 Å². The smallest absolute Gasteiger partial charge is 0.137 e. The molecule has 1 aromatic carbocycles. The summed E-state index contributed by atoms with van der Waals surface area (Å²) >= 11 is 6.11. The summed E-state index contributed by atoms with van der Waals surface area (Å²) < 4.78 is 5.12. The van der Waals surface area contributed by atoms with Gasteiger partial charge in [0.25, 0.3) is 0 Å². The molecule has 88 valence electrons. The van der Waals surface area contributed by atoms with Gasteiger partial charge in [0.2, 0.25) is 0 Å². The van der Waals surface area contributed by atoms with E-state index >= 15 is 0 Å². The third-order valence-corrected chi connectivity index (χ3v) is 4.18. The molecule has 0 amide bonds. The molecule has 1 aliphatic carbocycles. The molecule has 1 fully saturated rings. The van der Waals surface area contributed by atoms with Crippen LogP contribution in [0.5, 0.6) is 5.75 Å². The molecule has 1 aromatic rings. The molecule has 0 radical (unpaired) electrons. The van der Waals surface area contributed by atoms with Gasteiger partial charge in [-0.2, -0.15) is 0 Å². The number of aliphatic hydroxyl groups is 1. The van der Waals surface area contributed by atoms with Gasteiger partial charge in [-0.25, -0.2) is 0 Å². The average Bonchev–Trinajstić information content (AvgIpc) is 2.82. The van der Waals surface area contributed by atoms with E-state index in [9.17, 15) is 5.11 Å². The predicted molar refractivity (Wildman–Crippen MR) is 65.2 cm³/mol. The molecule has 1 atom stereocenters. The maximum absolute atomic E-state index is 9.59. The summed E-state index contributed by atoms with van der Waals surface area (Å²) in [5.74, 6) is 0.678. The molecule has 0 heterocycles. The minimum absolute atomic E-state index is 0.122. The second-order valence-corrected chi connectivity index (χ2v) is 5.56. The van der Waals surface area contributed by atoms with E-state index in [4.69, 9.17) is 16.3 Å². The molecule has 1 saturated carbocycles. The molecule has 0 saturated heterocycles. The molecule has 0 aromatic heterocycles. The van der Waals surface area contributed by atoms with E-state index in [1.807, 2.05) is 18.2 Å². The van der Waals surface area contributed by atoms with Crippen LogP contribution in [-0.2, 0) is 5.41 Å². The molecule has 2 rings (SSSR count). The largest absolute Gasteiger partial charge is 0.495 e. The number of rotatable bonds is 3. The van der Waals surface area contributed by atoms with Crippen LogP contribution in [-0.4, -0.2) is 18.8 Å². The summed E-state index contributed by atoms with van der Waals surface area (Å²) in [6.45, 7) is 4.51. The molecule has 0 spiro atoms. The van der Waals surface area contributed by atoms with Crippen molar-refractivity contribution in [2.24, 2.45) is 5.41 Å². The van der Waals surface area contributed by atoms with E-state index in [2.05, 4.69) is 13.8 Å². The Morgan fingerprint density at radius 3 is 2.44 bits per heavy atom. The van der Waals surface area contributed by atoms with Crippen LogP contribution >= 0.6 is 11.6 Å². The first-order valence-corrected chi connectivity index (χ1v) is 5.79. The summed E-state index contributed by atoms with van der Waals surface area (Å²) in [6.07, 6.45) is 0.999. The van der Waals surface area contributed by atoms with Gasteiger partial charge in [-0.15, -0.1) is 0 Å². The van der Waals surface area contributed by atoms with Crippen LogP contribution in [0.4, 0.5) is 0 Å². The van der Waals surface area contributed by atoms with Gasteiger partial charge < -0.3 is 9.84 Å². The Kier molecular flexibility index (Phi) is 2.67. The second-order valence-electron chi connectivity index (χ2n) is 5.15. The van der Waals surface area contributed by atoms with Gasteiger partial charge in [0, 0.05) is 5.41 Å². The van der Waals surface area contributed by atoms with Crippen LogP contribution in [0.1, 0.15) is 25.8 Å². The zero-order valence-corrected chi connectivity index (χ0v) is 10.6. The van der Waals surface area contributed by atoms with Gasteiger partial charge in [0.1, 0.15) is 5.75 Å². The highest BCUT2D eigenvalue weighted by atomic mass is 35.5. The van der Waals surface area contributed by atoms with Crippen molar-refractivity contribution in [3.63, 3.8) is 0 Å². The lowest BCUT2D eigenvalue weighted by molar-refractivity contribution is 0.231. The number of benzene rings is 1. The third kappa shape index (κ3) is 1.52. The number of hydrogen-bond acceptors (Lipinski definition) is 2. The van der Waals surface area contributed by atoms with Crippen molar-refractivity contribution in [2.75, 3.05) is 13.7 Å². The number of ether oxygens (including phenoxy) is 1. The van der Waals surface area contributed by atoms with Crippen LogP contribution in [0.3, 0.4) is 0 Å². The lowest BCUT2D eigenvalue weighted by atomic mass is 9.89. The van der Waals surface area contributed by atoms with E-state index in [0.717, 1.165) is 12.0 Å². The fraction of sp³-hybridized carbons (Fsp3) is 0.538. The van der Waals surface area contributed by atoms with Crippen LogP contribution in [0.2, 0.25) is 5.02 Å². The maximum atomic E-state index is 9.59. The van der Waals surface area contributed by atoms with E-state index in [1.54, 1.807) is 7.11 Å². The van der Waals surface area contributed by atoms with E-state index in [0.29, 0.717) is 10.8 Å². The zero-order chi connectivity index (χ0) is 12.0. The van der Waals surface area contributed by atoms with Crippen molar-refractivity contribution >= 4 is 11.6 Å². The Hall–Kier alpha value is -0.730. The number of aliphatic hydroxyl groups excluding tert-OH is 1. The van der Waals surface area contributed by atoms with Gasteiger partial charge in [-0.3, -0.25) is 0 Å². The van der Waals surface area contributed by atoms with Crippen LogP contribution < -0.4 is 4.74 Å². The van der Waals surface area contributed by atoms with Crippen LogP contribution in [0.15, 0.2) is 18.2 Å². The molecule has 3 heteroatoms. The highest BCUT2D eigenvalue weighted by Gasteiger charge is 2.61. The fourth-order valence-electron chi connectivity index (χ4n) is 2.53. The van der Waals surface area contributed by atoms with Crippen molar-refractivity contribution in [3.8, 4) is 5.75 Å². The standard InChI is InChI=1S/C13H17ClO2/c1-12(2)7-13(12,8-15)9-4-5-11(16-3)10(14)6-9/h4-6,15H,7-8H2,1-3H3. The molecule has 2 nitrogen and oxygen atoms in total. The van der Waals surface area contributed by atoms with Crippen molar-refractivity contribution in [1.29, 1.82) is 0 Å². The summed E-state index contributed by atoms with van der Waals surface area (Å²) in [6, 6.07) is 5.77. The Balaban J connectivity index is 2.39. The minimum atomic E-state index is -0.122. The number of halogens is 1. The fourth-order valence-corrected chi connectivity index (χ4v) is 2.79. The number of hydrogen-bond donors (Lipinski definition) is 1. The first-order valence-electron chi connectivity index (χ1n) is 5.42. The van der Waals surface area contributed by atoms with Gasteiger partial charge in [0.15, 0.2) is 0 Å². The average molecular weight is 241 g/mol. The SMILES string of the molecule is COc1ccc(C2(CO)CC2(C)C)cc1Cl. The molecular formula is C13H17ClO2. The summed E-state index contributed by atoms with van der Waals surface area (Å²) in [5, 5.41) is 10.2. The summed E-state index contributed by atoms with van der Waals surface area (Å²) in [4.78, 5) is 0. The Morgan fingerprint density at radius 1 is 1.44 bits per heavy atom. The first kappa shape index (κ1) is 11.7. The molecule has 0 aliphatic heterocycles. The summed E-state index contributed by atoms with van der Waals surface area (Å²) in [7, 11) is 1.60. The molecule has 1 aliphatic rings. The molecule has 1 unspecified atom stereocenters. The Bertz CT molecular complexity index is 414. The molecular weight excluding hydrogens is 224 g/mol. The minimum Gasteiger partial charge on any atom is -0.495 e. The Morgan fingerprint density at radius 2 is 2.06 bits per heavy atom. The zero-order valence-electron chi connectivity index (χ0n) is 9.88. The normalized spacial score (nSPS) is 26.6. The van der Waals surface area contributed by atoms with Crippen molar-refractivity contribution in [3.05, 3.63) is 28.8 Å². The maximum Gasteiger partial charge on any atom is 0.137 e. The lowest BCUT2D eigenvalue weighted by Crippen LogP contribution is -2.19. The third-order valence-electron chi connectivity index (χ3n) is 3.89. The number of methoxy groups -OCH3 is 1. The van der Waals surface area contributed by atoms with E-state index in [1.165, 1.54) is 0 Å². The van der Waals surface area contributed by atoms with E-state index < -0.39 is 0 Å². The quantitative estimate of drug-likeness (QED) is 0.880. The topological polar surface area (TPSA) is 29.5 Å². The monoisotopic (exact) mass is 240 g/mol. The predicted octanol–water partition coefficient (Wildman–Crippen LogP) is 3.01.